The summed E-state index contributed by atoms with van der Waals surface area (Å²) in [5.41, 5.74) is -1.74. The smallest absolute Gasteiger partial charge is 0.352 e. The molecule has 0 spiro atoms. The van der Waals surface area contributed by atoms with Gasteiger partial charge in [0.25, 0.3) is 5.91 Å². The molecular formula is C11H16N2O5S. The van der Waals surface area contributed by atoms with E-state index in [-0.39, 0.29) is 0 Å². The van der Waals surface area contributed by atoms with Crippen LogP contribution in [0.4, 0.5) is 0 Å². The minimum absolute atomic E-state index is 0.393. The van der Waals surface area contributed by atoms with Crippen molar-refractivity contribution < 1.29 is 24.2 Å². The number of thioether (sulfide) groups is 1. The molecule has 2 heterocycles. The molecule has 106 valence electrons. The van der Waals surface area contributed by atoms with Gasteiger partial charge in [0.2, 0.25) is 11.6 Å². The Morgan fingerprint density at radius 3 is 2.47 bits per heavy atom. The molecule has 2 rings (SSSR count). The number of amides is 2. The maximum Gasteiger partial charge on any atom is 0.352 e. The van der Waals surface area contributed by atoms with Crippen LogP contribution >= 0.6 is 11.8 Å². The monoisotopic (exact) mass is 288 g/mol. The summed E-state index contributed by atoms with van der Waals surface area (Å²) in [5, 5.41) is 11.6. The van der Waals surface area contributed by atoms with Crippen LogP contribution in [0.15, 0.2) is 0 Å². The second-order valence-electron chi connectivity index (χ2n) is 5.08. The standard InChI is InChI=1S/C11H16N2O5S/c1-5(14)12-11(9(16)17)10(2,3)19-8-6(18-4)7(15)13(8)11/h6,8H,1-4H3,(H,12,14)(H,16,17)/t6-,8+,11-/m0/s1. The van der Waals surface area contributed by atoms with Crippen LogP contribution in [0.25, 0.3) is 0 Å². The lowest BCUT2D eigenvalue weighted by molar-refractivity contribution is -0.187. The van der Waals surface area contributed by atoms with Crippen LogP contribution in [-0.4, -0.2) is 56.8 Å². The van der Waals surface area contributed by atoms with E-state index in [4.69, 9.17) is 4.74 Å². The zero-order chi connectivity index (χ0) is 14.6. The summed E-state index contributed by atoms with van der Waals surface area (Å²) in [6, 6.07) is 0. The fraction of sp³-hybridized carbons (Fsp3) is 0.727. The predicted octanol–water partition coefficient (Wildman–Crippen LogP) is -0.388. The summed E-state index contributed by atoms with van der Waals surface area (Å²) in [4.78, 5) is 36.4. The molecule has 0 radical (unpaired) electrons. The van der Waals surface area contributed by atoms with Gasteiger partial charge in [-0.3, -0.25) is 14.5 Å². The first kappa shape index (κ1) is 14.1. The van der Waals surface area contributed by atoms with E-state index in [1.54, 1.807) is 13.8 Å². The van der Waals surface area contributed by atoms with Crippen LogP contribution in [0.1, 0.15) is 20.8 Å². The maximum absolute atomic E-state index is 12.0. The molecule has 0 saturated carbocycles. The van der Waals surface area contributed by atoms with Gasteiger partial charge in [0.05, 0.1) is 4.75 Å². The number of carboxylic acids is 1. The molecule has 0 bridgehead atoms. The van der Waals surface area contributed by atoms with Gasteiger partial charge < -0.3 is 15.2 Å². The second-order valence-corrected chi connectivity index (χ2v) is 6.82. The van der Waals surface area contributed by atoms with Crippen molar-refractivity contribution in [2.45, 2.75) is 42.7 Å². The fourth-order valence-electron chi connectivity index (χ4n) is 2.68. The number of hydrogen-bond acceptors (Lipinski definition) is 5. The van der Waals surface area contributed by atoms with Gasteiger partial charge in [-0.15, -0.1) is 11.8 Å². The van der Waals surface area contributed by atoms with E-state index in [0.29, 0.717) is 0 Å². The van der Waals surface area contributed by atoms with Gasteiger partial charge in [0.1, 0.15) is 5.37 Å². The topological polar surface area (TPSA) is 95.9 Å². The van der Waals surface area contributed by atoms with Crippen molar-refractivity contribution in [2.24, 2.45) is 0 Å². The second kappa shape index (κ2) is 4.11. The molecule has 7 nitrogen and oxygen atoms in total. The van der Waals surface area contributed by atoms with Crippen molar-refractivity contribution in [1.82, 2.24) is 10.2 Å². The normalized spacial score (nSPS) is 35.6. The molecule has 0 aromatic carbocycles. The number of nitrogens with one attached hydrogen (secondary N) is 1. The van der Waals surface area contributed by atoms with Crippen molar-refractivity contribution in [3.05, 3.63) is 0 Å². The third-order valence-corrected chi connectivity index (χ3v) is 5.15. The maximum atomic E-state index is 12.0. The number of nitrogens with zero attached hydrogens (tertiary/aromatic N) is 1. The first-order valence-corrected chi connectivity index (χ1v) is 6.63. The molecule has 2 N–H and O–H groups in total. The molecule has 8 heteroatoms. The van der Waals surface area contributed by atoms with Gasteiger partial charge in [0.15, 0.2) is 6.10 Å². The predicted molar refractivity (Wildman–Crippen MR) is 67.3 cm³/mol. The van der Waals surface area contributed by atoms with Gasteiger partial charge in [0, 0.05) is 14.0 Å². The number of rotatable bonds is 3. The quantitative estimate of drug-likeness (QED) is 0.687. The number of aliphatic carboxylic acids is 1. The first-order chi connectivity index (χ1) is 8.69. The van der Waals surface area contributed by atoms with Crippen LogP contribution in [-0.2, 0) is 19.1 Å². The SMILES string of the molecule is CO[C@H]1C(=O)N2[C@@H]1SC(C)(C)[C@]2(NC(C)=O)C(=O)O. The van der Waals surface area contributed by atoms with Crippen molar-refractivity contribution in [3.8, 4) is 0 Å². The number of hydrogen-bond donors (Lipinski definition) is 2. The van der Waals surface area contributed by atoms with E-state index in [1.807, 2.05) is 0 Å². The summed E-state index contributed by atoms with van der Waals surface area (Å²) >= 11 is 1.32. The number of methoxy groups -OCH3 is 1. The van der Waals surface area contributed by atoms with Gasteiger partial charge in [-0.25, -0.2) is 4.79 Å². The van der Waals surface area contributed by atoms with Crippen molar-refractivity contribution in [3.63, 3.8) is 0 Å². The lowest BCUT2D eigenvalue weighted by Gasteiger charge is -2.48. The molecule has 3 atom stereocenters. The molecular weight excluding hydrogens is 272 g/mol. The zero-order valence-electron chi connectivity index (χ0n) is 11.1. The number of fused-ring (bicyclic) bond motifs is 1. The van der Waals surface area contributed by atoms with Crippen molar-refractivity contribution in [2.75, 3.05) is 7.11 Å². The van der Waals surface area contributed by atoms with E-state index in [0.717, 1.165) is 0 Å². The minimum atomic E-state index is -1.74. The number of carboxylic acid groups (broad SMARTS) is 1. The summed E-state index contributed by atoms with van der Waals surface area (Å²) in [6.45, 7) is 4.62. The molecule has 2 fully saturated rings. The Morgan fingerprint density at radius 1 is 1.47 bits per heavy atom. The summed E-state index contributed by atoms with van der Waals surface area (Å²) in [7, 11) is 1.41. The van der Waals surface area contributed by atoms with Crippen LogP contribution < -0.4 is 5.32 Å². The Morgan fingerprint density at radius 2 is 2.05 bits per heavy atom. The van der Waals surface area contributed by atoms with Gasteiger partial charge in [-0.1, -0.05) is 0 Å². The molecule has 0 aromatic heterocycles. The number of ether oxygens (including phenoxy) is 1. The highest BCUT2D eigenvalue weighted by atomic mass is 32.2. The average molecular weight is 288 g/mol. The van der Waals surface area contributed by atoms with E-state index in [1.165, 1.54) is 30.7 Å². The molecule has 2 amide bonds. The average Bonchev–Trinajstić information content (AvgIpc) is 2.45. The van der Waals surface area contributed by atoms with E-state index in [9.17, 15) is 19.5 Å². The van der Waals surface area contributed by atoms with Crippen LogP contribution in [0, 0.1) is 0 Å². The van der Waals surface area contributed by atoms with E-state index in [2.05, 4.69) is 5.32 Å². The van der Waals surface area contributed by atoms with E-state index < -0.39 is 39.7 Å². The summed E-state index contributed by atoms with van der Waals surface area (Å²) < 4.78 is 4.20. The third-order valence-electron chi connectivity index (χ3n) is 3.56. The van der Waals surface area contributed by atoms with Gasteiger partial charge in [-0.2, -0.15) is 0 Å². The molecule has 2 saturated heterocycles. The number of carbonyl (C=O) groups excluding carboxylic acids is 2. The first-order valence-electron chi connectivity index (χ1n) is 5.75. The van der Waals surface area contributed by atoms with Gasteiger partial charge in [-0.05, 0) is 13.8 Å². The van der Waals surface area contributed by atoms with Crippen LogP contribution in [0.3, 0.4) is 0 Å². The third kappa shape index (κ3) is 1.59. The molecule has 0 aliphatic carbocycles. The molecule has 0 aromatic rings. The molecule has 19 heavy (non-hydrogen) atoms. The minimum Gasteiger partial charge on any atom is -0.478 e. The Hall–Kier alpha value is -1.28. The Bertz CT molecular complexity index is 466. The van der Waals surface area contributed by atoms with Crippen molar-refractivity contribution >= 4 is 29.5 Å². The lowest BCUT2D eigenvalue weighted by Crippen LogP contribution is -2.78. The molecule has 2 aliphatic heterocycles. The lowest BCUT2D eigenvalue weighted by atomic mass is 9.89. The Balaban J connectivity index is 2.49. The Kier molecular flexibility index (Phi) is 3.06. The Labute approximate surface area is 114 Å². The highest BCUT2D eigenvalue weighted by molar-refractivity contribution is 8.01. The number of carbonyl (C=O) groups is 3. The van der Waals surface area contributed by atoms with E-state index >= 15 is 0 Å². The highest BCUT2D eigenvalue weighted by Gasteiger charge is 2.73. The van der Waals surface area contributed by atoms with Crippen LogP contribution in [0.5, 0.6) is 0 Å². The largest absolute Gasteiger partial charge is 0.478 e. The summed E-state index contributed by atoms with van der Waals surface area (Å²) in [5.74, 6) is -2.15. The molecule has 2 aliphatic rings. The highest BCUT2D eigenvalue weighted by Crippen LogP contribution is 2.56. The van der Waals surface area contributed by atoms with Crippen molar-refractivity contribution in [1.29, 1.82) is 0 Å². The molecule has 0 unspecified atom stereocenters. The summed E-state index contributed by atoms with van der Waals surface area (Å²) in [6.07, 6.45) is -0.653. The fourth-order valence-corrected chi connectivity index (χ4v) is 4.41. The van der Waals surface area contributed by atoms with Crippen LogP contribution in [0.2, 0.25) is 0 Å². The van der Waals surface area contributed by atoms with Gasteiger partial charge >= 0.3 is 5.97 Å². The zero-order valence-corrected chi connectivity index (χ0v) is 11.9. The number of β-lactam (4-membered cyclic amide) rings is 1.